The molecule has 5 nitrogen and oxygen atoms in total. The lowest BCUT2D eigenvalue weighted by atomic mass is 10.1. The Hall–Kier alpha value is -2.11. The standard InChI is InChI=1S/C15H16N2O3/c1-18-14-11(3-2-4-12(14)16)13-6-5-10(9-17-13)15-19-7-8-20-15/h2-6,9,15H,7-8,16H2,1H3. The lowest BCUT2D eigenvalue weighted by Crippen LogP contribution is -2.00. The summed E-state index contributed by atoms with van der Waals surface area (Å²) in [6.07, 6.45) is 1.45. The van der Waals surface area contributed by atoms with Crippen LogP contribution in [0, 0.1) is 0 Å². The summed E-state index contributed by atoms with van der Waals surface area (Å²) in [7, 11) is 1.60. The summed E-state index contributed by atoms with van der Waals surface area (Å²) in [6, 6.07) is 9.47. The van der Waals surface area contributed by atoms with Gasteiger partial charge in [0.15, 0.2) is 12.0 Å². The van der Waals surface area contributed by atoms with E-state index in [1.807, 2.05) is 24.3 Å². The Kier molecular flexibility index (Phi) is 3.54. The quantitative estimate of drug-likeness (QED) is 0.869. The second kappa shape index (κ2) is 5.48. The number of ether oxygens (including phenoxy) is 3. The van der Waals surface area contributed by atoms with Crippen molar-refractivity contribution in [1.82, 2.24) is 4.98 Å². The van der Waals surface area contributed by atoms with Crippen LogP contribution in [0.2, 0.25) is 0 Å². The molecule has 5 heteroatoms. The Morgan fingerprint density at radius 2 is 2.00 bits per heavy atom. The van der Waals surface area contributed by atoms with Crippen molar-refractivity contribution in [3.8, 4) is 17.0 Å². The molecule has 1 aromatic heterocycles. The van der Waals surface area contributed by atoms with Gasteiger partial charge in [0.05, 0.1) is 31.7 Å². The minimum Gasteiger partial charge on any atom is -0.494 e. The van der Waals surface area contributed by atoms with Crippen LogP contribution in [0.3, 0.4) is 0 Å². The molecule has 2 N–H and O–H groups in total. The molecular weight excluding hydrogens is 256 g/mol. The van der Waals surface area contributed by atoms with Crippen LogP contribution < -0.4 is 10.5 Å². The van der Waals surface area contributed by atoms with Gasteiger partial charge in [0.2, 0.25) is 0 Å². The Labute approximate surface area is 117 Å². The number of anilines is 1. The first kappa shape index (κ1) is 12.9. The van der Waals surface area contributed by atoms with Crippen molar-refractivity contribution in [3.63, 3.8) is 0 Å². The molecule has 2 aromatic rings. The van der Waals surface area contributed by atoms with E-state index >= 15 is 0 Å². The second-order valence-electron chi connectivity index (χ2n) is 4.48. The SMILES string of the molecule is COc1c(N)cccc1-c1ccc(C2OCCO2)cn1. The largest absolute Gasteiger partial charge is 0.494 e. The summed E-state index contributed by atoms with van der Waals surface area (Å²) in [5.41, 5.74) is 9.08. The molecule has 0 atom stereocenters. The average Bonchev–Trinajstić information content (AvgIpc) is 3.01. The Morgan fingerprint density at radius 3 is 2.65 bits per heavy atom. The van der Waals surface area contributed by atoms with Gasteiger partial charge in [-0.25, -0.2) is 0 Å². The van der Waals surface area contributed by atoms with Gasteiger partial charge in [0.25, 0.3) is 0 Å². The zero-order valence-electron chi connectivity index (χ0n) is 11.2. The van der Waals surface area contributed by atoms with Crippen molar-refractivity contribution in [2.45, 2.75) is 6.29 Å². The van der Waals surface area contributed by atoms with Gasteiger partial charge in [-0.1, -0.05) is 12.1 Å². The van der Waals surface area contributed by atoms with Crippen LogP contribution in [-0.2, 0) is 9.47 Å². The maximum atomic E-state index is 5.91. The number of para-hydroxylation sites is 1. The number of pyridine rings is 1. The van der Waals surface area contributed by atoms with Crippen molar-refractivity contribution >= 4 is 5.69 Å². The minimum absolute atomic E-state index is 0.306. The van der Waals surface area contributed by atoms with Crippen molar-refractivity contribution in [2.75, 3.05) is 26.1 Å². The van der Waals surface area contributed by atoms with Crippen LogP contribution in [0.4, 0.5) is 5.69 Å². The fourth-order valence-corrected chi connectivity index (χ4v) is 2.24. The molecule has 2 heterocycles. The molecule has 1 saturated heterocycles. The van der Waals surface area contributed by atoms with Gasteiger partial charge in [0.1, 0.15) is 0 Å². The summed E-state index contributed by atoms with van der Waals surface area (Å²) in [6.45, 7) is 1.24. The van der Waals surface area contributed by atoms with E-state index in [-0.39, 0.29) is 6.29 Å². The fourth-order valence-electron chi connectivity index (χ4n) is 2.24. The first-order valence-corrected chi connectivity index (χ1v) is 6.41. The van der Waals surface area contributed by atoms with E-state index in [0.29, 0.717) is 24.7 Å². The van der Waals surface area contributed by atoms with E-state index < -0.39 is 0 Å². The van der Waals surface area contributed by atoms with Gasteiger partial charge >= 0.3 is 0 Å². The van der Waals surface area contributed by atoms with Crippen molar-refractivity contribution in [2.24, 2.45) is 0 Å². The monoisotopic (exact) mass is 272 g/mol. The molecular formula is C15H16N2O3. The predicted molar refractivity (Wildman–Crippen MR) is 75.3 cm³/mol. The summed E-state index contributed by atoms with van der Waals surface area (Å²) in [4.78, 5) is 4.45. The normalized spacial score (nSPS) is 15.4. The lowest BCUT2D eigenvalue weighted by molar-refractivity contribution is -0.0443. The van der Waals surface area contributed by atoms with Gasteiger partial charge < -0.3 is 19.9 Å². The Balaban J connectivity index is 1.93. The van der Waals surface area contributed by atoms with Crippen molar-refractivity contribution < 1.29 is 14.2 Å². The molecule has 1 fully saturated rings. The van der Waals surface area contributed by atoms with Crippen LogP contribution in [0.15, 0.2) is 36.5 Å². The number of aromatic nitrogens is 1. The zero-order valence-corrected chi connectivity index (χ0v) is 11.2. The topological polar surface area (TPSA) is 66.6 Å². The number of nitrogen functional groups attached to an aromatic ring is 1. The third kappa shape index (κ3) is 2.33. The molecule has 0 unspecified atom stereocenters. The van der Waals surface area contributed by atoms with Crippen molar-refractivity contribution in [1.29, 1.82) is 0 Å². The third-order valence-electron chi connectivity index (χ3n) is 3.21. The number of nitrogens with two attached hydrogens (primary N) is 1. The van der Waals surface area contributed by atoms with E-state index in [0.717, 1.165) is 16.8 Å². The molecule has 20 heavy (non-hydrogen) atoms. The van der Waals surface area contributed by atoms with Crippen LogP contribution in [0.5, 0.6) is 5.75 Å². The Bertz CT molecular complexity index is 593. The van der Waals surface area contributed by atoms with E-state index in [2.05, 4.69) is 4.98 Å². The molecule has 0 amide bonds. The maximum Gasteiger partial charge on any atom is 0.185 e. The number of hydrogen-bond donors (Lipinski definition) is 1. The third-order valence-corrected chi connectivity index (χ3v) is 3.21. The fraction of sp³-hybridized carbons (Fsp3) is 0.267. The van der Waals surface area contributed by atoms with E-state index in [1.165, 1.54) is 0 Å². The smallest absolute Gasteiger partial charge is 0.185 e. The molecule has 0 aliphatic carbocycles. The first-order valence-electron chi connectivity index (χ1n) is 6.41. The number of benzene rings is 1. The molecule has 0 saturated carbocycles. The Morgan fingerprint density at radius 1 is 1.20 bits per heavy atom. The molecule has 0 radical (unpaired) electrons. The number of rotatable bonds is 3. The predicted octanol–water partition coefficient (Wildman–Crippen LogP) is 2.38. The van der Waals surface area contributed by atoms with Gasteiger partial charge in [-0.05, 0) is 18.2 Å². The molecule has 0 spiro atoms. The molecule has 104 valence electrons. The van der Waals surface area contributed by atoms with Crippen molar-refractivity contribution in [3.05, 3.63) is 42.1 Å². The van der Waals surface area contributed by atoms with Crippen LogP contribution in [0.1, 0.15) is 11.9 Å². The van der Waals surface area contributed by atoms with Crippen LogP contribution in [-0.4, -0.2) is 25.3 Å². The van der Waals surface area contributed by atoms with Gasteiger partial charge in [-0.2, -0.15) is 0 Å². The maximum absolute atomic E-state index is 5.91. The highest BCUT2D eigenvalue weighted by Crippen LogP contribution is 2.34. The van der Waals surface area contributed by atoms with Gasteiger partial charge in [-0.3, -0.25) is 4.98 Å². The minimum atomic E-state index is -0.306. The number of nitrogens with zero attached hydrogens (tertiary/aromatic N) is 1. The number of hydrogen-bond acceptors (Lipinski definition) is 5. The average molecular weight is 272 g/mol. The molecule has 1 aromatic carbocycles. The molecule has 1 aliphatic heterocycles. The van der Waals surface area contributed by atoms with E-state index in [1.54, 1.807) is 19.4 Å². The van der Waals surface area contributed by atoms with Crippen LogP contribution >= 0.6 is 0 Å². The first-order chi connectivity index (χ1) is 9.79. The summed E-state index contributed by atoms with van der Waals surface area (Å²) in [5.74, 6) is 0.640. The second-order valence-corrected chi connectivity index (χ2v) is 4.48. The van der Waals surface area contributed by atoms with E-state index in [4.69, 9.17) is 19.9 Å². The highest BCUT2D eigenvalue weighted by atomic mass is 16.7. The van der Waals surface area contributed by atoms with E-state index in [9.17, 15) is 0 Å². The summed E-state index contributed by atoms with van der Waals surface area (Å²) in [5, 5.41) is 0. The van der Waals surface area contributed by atoms with Gasteiger partial charge in [0, 0.05) is 17.3 Å². The highest BCUT2D eigenvalue weighted by Gasteiger charge is 2.19. The molecule has 1 aliphatic rings. The van der Waals surface area contributed by atoms with Crippen LogP contribution in [0.25, 0.3) is 11.3 Å². The summed E-state index contributed by atoms with van der Waals surface area (Å²) < 4.78 is 16.2. The number of methoxy groups -OCH3 is 1. The lowest BCUT2D eigenvalue weighted by Gasteiger charge is -2.12. The molecule has 3 rings (SSSR count). The summed E-state index contributed by atoms with van der Waals surface area (Å²) >= 11 is 0. The zero-order chi connectivity index (χ0) is 13.9. The highest BCUT2D eigenvalue weighted by molar-refractivity contribution is 5.74. The van der Waals surface area contributed by atoms with Gasteiger partial charge in [-0.15, -0.1) is 0 Å². The molecule has 0 bridgehead atoms.